The maximum atomic E-state index is 9.95. The van der Waals surface area contributed by atoms with E-state index in [2.05, 4.69) is 4.74 Å². The van der Waals surface area contributed by atoms with Gasteiger partial charge in [-0.1, -0.05) is 0 Å². The van der Waals surface area contributed by atoms with Crippen molar-refractivity contribution in [2.45, 2.75) is 13.2 Å². The second-order valence-electron chi connectivity index (χ2n) is 1.54. The Morgan fingerprint density at radius 3 is 2.67 bits per heavy atom. The van der Waals surface area contributed by atoms with E-state index in [4.69, 9.17) is 10.5 Å². The van der Waals surface area contributed by atoms with Gasteiger partial charge in [0.15, 0.2) is 6.29 Å². The maximum absolute atomic E-state index is 9.95. The molecule has 1 N–H and O–H groups in total. The predicted octanol–water partition coefficient (Wildman–Crippen LogP) is -0.195. The smallest absolute Gasteiger partial charge is 0.264 e. The lowest BCUT2D eigenvalue weighted by molar-refractivity contribution is -0.141. The fourth-order valence-electron chi connectivity index (χ4n) is 0.261. The number of nitrogens with one attached hydrogen (secondary N) is 1. The van der Waals surface area contributed by atoms with Crippen LogP contribution >= 0.6 is 0 Å². The molecule has 0 aromatic carbocycles. The first-order valence-electron chi connectivity index (χ1n) is 2.55. The van der Waals surface area contributed by atoms with Crippen molar-refractivity contribution < 1.29 is 14.3 Å². The largest absolute Gasteiger partial charge is 0.356 e. The van der Waals surface area contributed by atoms with Gasteiger partial charge in [-0.2, -0.15) is 0 Å². The van der Waals surface area contributed by atoms with Crippen molar-refractivity contribution in [2.75, 3.05) is 13.7 Å². The topological polar surface area (TPSA) is 59.3 Å². The van der Waals surface area contributed by atoms with Crippen molar-refractivity contribution in [3.8, 4) is 0 Å². The first kappa shape index (κ1) is 8.39. The molecule has 53 valence electrons. The molecule has 9 heavy (non-hydrogen) atoms. The molecule has 0 rings (SSSR count). The Bertz CT molecular complexity index is 94.2. The molecule has 1 amide bonds. The van der Waals surface area contributed by atoms with Gasteiger partial charge in [0, 0.05) is 7.11 Å². The first-order chi connectivity index (χ1) is 4.16. The lowest BCUT2D eigenvalue weighted by Crippen LogP contribution is -2.17. The molecule has 0 heterocycles. The van der Waals surface area contributed by atoms with Gasteiger partial charge in [0.1, 0.15) is 6.61 Å². The summed E-state index contributed by atoms with van der Waals surface area (Å²) < 4.78 is 9.34. The highest BCUT2D eigenvalue weighted by Gasteiger charge is 2.00. The Kier molecular flexibility index (Phi) is 4.00. The monoisotopic (exact) mass is 132 g/mol. The van der Waals surface area contributed by atoms with Gasteiger partial charge >= 0.3 is 0 Å². The van der Waals surface area contributed by atoms with E-state index in [1.807, 2.05) is 0 Å². The van der Waals surface area contributed by atoms with Gasteiger partial charge in [0.2, 0.25) is 0 Å². The zero-order valence-corrected chi connectivity index (χ0v) is 5.51. The van der Waals surface area contributed by atoms with Gasteiger partial charge in [0.25, 0.3) is 5.91 Å². The summed E-state index contributed by atoms with van der Waals surface area (Å²) in [6.45, 7) is 1.46. The standard InChI is InChI=1S/C5H10NO3/c1-4(8-2)9-3-5(6)7/h4,6H,3H2,1-2H3. The van der Waals surface area contributed by atoms with E-state index in [1.54, 1.807) is 6.92 Å². The Morgan fingerprint density at radius 1 is 1.78 bits per heavy atom. The minimum absolute atomic E-state index is 0.199. The Hall–Kier alpha value is -0.610. The molecule has 0 saturated heterocycles. The van der Waals surface area contributed by atoms with Crippen LogP contribution in [0.5, 0.6) is 0 Å². The highest BCUT2D eigenvalue weighted by atomic mass is 16.7. The van der Waals surface area contributed by atoms with Crippen molar-refractivity contribution in [1.82, 2.24) is 5.73 Å². The summed E-state index contributed by atoms with van der Waals surface area (Å²) in [5, 5.41) is 0. The van der Waals surface area contributed by atoms with Crippen LogP contribution < -0.4 is 5.73 Å². The molecule has 0 aromatic rings. The molecule has 0 fully saturated rings. The zero-order valence-electron chi connectivity index (χ0n) is 5.51. The van der Waals surface area contributed by atoms with Crippen molar-refractivity contribution in [3.05, 3.63) is 0 Å². The molecule has 0 aliphatic carbocycles. The van der Waals surface area contributed by atoms with Crippen LogP contribution in [0.25, 0.3) is 0 Å². The van der Waals surface area contributed by atoms with Gasteiger partial charge in [-0.3, -0.25) is 10.5 Å². The highest BCUT2D eigenvalue weighted by molar-refractivity contribution is 5.74. The van der Waals surface area contributed by atoms with Gasteiger partial charge in [0.05, 0.1) is 0 Å². The quantitative estimate of drug-likeness (QED) is 0.498. The number of amides is 1. The third-order valence-corrected chi connectivity index (χ3v) is 0.781. The molecular weight excluding hydrogens is 122 g/mol. The maximum Gasteiger partial charge on any atom is 0.264 e. The number of carbonyl (C=O) groups is 1. The first-order valence-corrected chi connectivity index (χ1v) is 2.55. The number of rotatable bonds is 4. The van der Waals surface area contributed by atoms with Gasteiger partial charge in [-0.05, 0) is 6.92 Å². The third-order valence-electron chi connectivity index (χ3n) is 0.781. The van der Waals surface area contributed by atoms with Crippen LogP contribution in [0.1, 0.15) is 6.92 Å². The lowest BCUT2D eigenvalue weighted by atomic mass is 10.6. The van der Waals surface area contributed by atoms with Gasteiger partial charge < -0.3 is 9.47 Å². The predicted molar refractivity (Wildman–Crippen MR) is 30.5 cm³/mol. The molecule has 0 saturated carbocycles. The molecule has 4 heteroatoms. The number of methoxy groups -OCH3 is 1. The van der Waals surface area contributed by atoms with Crippen LogP contribution in [-0.4, -0.2) is 25.9 Å². The summed E-state index contributed by atoms with van der Waals surface area (Å²) in [5.41, 5.74) is 6.43. The summed E-state index contributed by atoms with van der Waals surface area (Å²) >= 11 is 0. The molecule has 1 atom stereocenters. The third kappa shape index (κ3) is 5.26. The minimum atomic E-state index is -0.737. The van der Waals surface area contributed by atoms with Crippen LogP contribution in [0.3, 0.4) is 0 Å². The van der Waals surface area contributed by atoms with Gasteiger partial charge in [-0.15, -0.1) is 0 Å². The molecular formula is C5H10NO3. The van der Waals surface area contributed by atoms with Crippen LogP contribution in [-0.2, 0) is 14.3 Å². The molecule has 4 nitrogen and oxygen atoms in total. The lowest BCUT2D eigenvalue weighted by Gasteiger charge is -2.07. The fourth-order valence-corrected chi connectivity index (χ4v) is 0.261. The average Bonchev–Trinajstić information content (AvgIpc) is 1.83. The number of hydrogen-bond acceptors (Lipinski definition) is 3. The van der Waals surface area contributed by atoms with Crippen molar-refractivity contribution in [3.63, 3.8) is 0 Å². The van der Waals surface area contributed by atoms with Gasteiger partial charge in [-0.25, -0.2) is 0 Å². The Labute approximate surface area is 53.9 Å². The van der Waals surface area contributed by atoms with Crippen LogP contribution in [0.2, 0.25) is 0 Å². The van der Waals surface area contributed by atoms with E-state index in [0.717, 1.165) is 0 Å². The van der Waals surface area contributed by atoms with Crippen molar-refractivity contribution in [1.29, 1.82) is 0 Å². The molecule has 1 radical (unpaired) electrons. The molecule has 1 unspecified atom stereocenters. The van der Waals surface area contributed by atoms with Crippen LogP contribution in [0.4, 0.5) is 0 Å². The highest BCUT2D eigenvalue weighted by Crippen LogP contribution is 1.88. The average molecular weight is 132 g/mol. The Morgan fingerprint density at radius 2 is 2.33 bits per heavy atom. The summed E-state index contributed by atoms with van der Waals surface area (Å²) in [5.74, 6) is -0.737. The van der Waals surface area contributed by atoms with E-state index < -0.39 is 12.2 Å². The summed E-state index contributed by atoms with van der Waals surface area (Å²) in [4.78, 5) is 9.95. The second-order valence-corrected chi connectivity index (χ2v) is 1.54. The summed E-state index contributed by atoms with van der Waals surface area (Å²) in [7, 11) is 1.47. The van der Waals surface area contributed by atoms with Crippen molar-refractivity contribution >= 4 is 5.91 Å². The Balaban J connectivity index is 3.16. The van der Waals surface area contributed by atoms with E-state index >= 15 is 0 Å². The van der Waals surface area contributed by atoms with E-state index in [1.165, 1.54) is 7.11 Å². The van der Waals surface area contributed by atoms with E-state index in [0.29, 0.717) is 0 Å². The normalized spacial score (nSPS) is 13.1. The molecule has 0 aliphatic heterocycles. The molecule has 0 spiro atoms. The van der Waals surface area contributed by atoms with E-state index in [-0.39, 0.29) is 6.61 Å². The zero-order chi connectivity index (χ0) is 7.28. The number of hydrogen-bond donors (Lipinski definition) is 0. The SMILES string of the molecule is COC(C)OCC([NH])=O. The van der Waals surface area contributed by atoms with Crippen LogP contribution in [0.15, 0.2) is 0 Å². The van der Waals surface area contributed by atoms with Crippen molar-refractivity contribution in [2.24, 2.45) is 0 Å². The second kappa shape index (κ2) is 4.29. The molecule has 0 aromatic heterocycles. The number of carbonyl (C=O) groups excluding carboxylic acids is 1. The number of ether oxygens (including phenoxy) is 2. The fraction of sp³-hybridized carbons (Fsp3) is 0.800. The molecule has 0 bridgehead atoms. The minimum Gasteiger partial charge on any atom is -0.356 e. The summed E-state index contributed by atoms with van der Waals surface area (Å²) in [6, 6.07) is 0. The summed E-state index contributed by atoms with van der Waals surface area (Å²) in [6.07, 6.45) is -0.403. The molecule has 0 aliphatic rings. The van der Waals surface area contributed by atoms with Crippen LogP contribution in [0, 0.1) is 0 Å². The van der Waals surface area contributed by atoms with E-state index in [9.17, 15) is 4.79 Å².